The second-order valence-electron chi connectivity index (χ2n) is 8.28. The molecule has 9 nitrogen and oxygen atoms in total. The third-order valence-electron chi connectivity index (χ3n) is 6.23. The van der Waals surface area contributed by atoms with Crippen LogP contribution in [0.4, 0.5) is 17.6 Å². The van der Waals surface area contributed by atoms with Crippen LogP contribution in [-0.2, 0) is 0 Å². The number of nitrogens with one attached hydrogen (secondary N) is 2. The van der Waals surface area contributed by atoms with Crippen LogP contribution in [0.5, 0.6) is 0 Å². The van der Waals surface area contributed by atoms with Gasteiger partial charge < -0.3 is 5.32 Å². The molecule has 3 aromatic rings. The summed E-state index contributed by atoms with van der Waals surface area (Å²) in [6.45, 7) is 2.86. The van der Waals surface area contributed by atoms with E-state index in [4.69, 9.17) is 15.2 Å². The van der Waals surface area contributed by atoms with E-state index in [1.165, 1.54) is 12.8 Å². The summed E-state index contributed by atoms with van der Waals surface area (Å²) < 4.78 is 1.94. The van der Waals surface area contributed by atoms with Crippen molar-refractivity contribution in [1.82, 2.24) is 30.0 Å². The predicted octanol–water partition coefficient (Wildman–Crippen LogP) is 3.87. The van der Waals surface area contributed by atoms with Crippen LogP contribution in [0.3, 0.4) is 0 Å². The molecule has 2 bridgehead atoms. The van der Waals surface area contributed by atoms with Crippen LogP contribution in [0.1, 0.15) is 37.8 Å². The number of hydrogen-bond acceptors (Lipinski definition) is 8. The van der Waals surface area contributed by atoms with E-state index < -0.39 is 0 Å². The molecule has 3 aromatic heterocycles. The van der Waals surface area contributed by atoms with Crippen molar-refractivity contribution < 1.29 is 0 Å². The summed E-state index contributed by atoms with van der Waals surface area (Å²) in [5.41, 5.74) is 1.66. The maximum Gasteiger partial charge on any atom is 0.226 e. The molecular weight excluding hydrogens is 505 g/mol. The molecule has 10 heteroatoms. The highest BCUT2D eigenvalue weighted by atomic mass is 127. The molecule has 0 aliphatic carbocycles. The largest absolute Gasteiger partial charge is 0.351 e. The maximum atomic E-state index is 8.96. The number of rotatable bonds is 6. The molecule has 0 radical (unpaired) electrons. The van der Waals surface area contributed by atoms with Gasteiger partial charge in [0.25, 0.3) is 0 Å². The minimum atomic E-state index is 0.320. The van der Waals surface area contributed by atoms with Gasteiger partial charge in [-0.2, -0.15) is 20.3 Å². The predicted molar refractivity (Wildman–Crippen MR) is 127 cm³/mol. The average Bonchev–Trinajstić information content (AvgIpc) is 3.31. The van der Waals surface area contributed by atoms with Gasteiger partial charge in [-0.25, -0.2) is 8.10 Å². The Labute approximate surface area is 194 Å². The van der Waals surface area contributed by atoms with Crippen LogP contribution in [0.15, 0.2) is 24.4 Å². The molecule has 3 atom stereocenters. The lowest BCUT2D eigenvalue weighted by molar-refractivity contribution is 0.135. The lowest BCUT2D eigenvalue weighted by Gasteiger charge is -2.38. The Kier molecular flexibility index (Phi) is 5.62. The van der Waals surface area contributed by atoms with Gasteiger partial charge in [0, 0.05) is 49.0 Å². The maximum absolute atomic E-state index is 8.96. The number of aromatic nitrogens is 5. The summed E-state index contributed by atoms with van der Waals surface area (Å²) in [4.78, 5) is 16.6. The molecule has 0 aromatic carbocycles. The molecule has 2 fully saturated rings. The molecule has 2 aliphatic rings. The first-order chi connectivity index (χ1) is 15.1. The first kappa shape index (κ1) is 20.4. The van der Waals surface area contributed by atoms with Gasteiger partial charge in [-0.05, 0) is 44.7 Å². The number of H-pyrrole nitrogens is 1. The number of piperidine rings is 1. The number of aryl methyl sites for hydroxylation is 1. The summed E-state index contributed by atoms with van der Waals surface area (Å²) in [6, 6.07) is 9.55. The molecule has 0 amide bonds. The van der Waals surface area contributed by atoms with E-state index in [-0.39, 0.29) is 0 Å². The van der Waals surface area contributed by atoms with Crippen molar-refractivity contribution in [3.8, 4) is 6.07 Å². The molecule has 5 rings (SSSR count). The molecule has 0 saturated carbocycles. The normalized spacial score (nSPS) is 23.1. The second-order valence-corrected chi connectivity index (χ2v) is 9.24. The molecule has 5 heterocycles. The van der Waals surface area contributed by atoms with Gasteiger partial charge in [-0.3, -0.25) is 10.00 Å². The Morgan fingerprint density at radius 2 is 2.13 bits per heavy atom. The van der Waals surface area contributed by atoms with Crippen molar-refractivity contribution in [2.75, 3.05) is 15.0 Å². The molecular formula is C21H24IN9. The monoisotopic (exact) mass is 529 g/mol. The standard InChI is InChI=1S/C21H24IN9/c1-13-10-18(29-28-13)31(22)20-17-4-2-8-24-19(17)26-21(27-20)25-14-11-15-5-6-16(12-14)30(15)9-3-7-23/h2,4,8,10,14-16H,3,5-6,9,11-12H2,1H3,(H,28,29)(H,24,25,26,27)/t14?,15-,16+. The Balaban J connectivity index is 1.40. The van der Waals surface area contributed by atoms with Crippen LogP contribution < -0.4 is 8.43 Å². The van der Waals surface area contributed by atoms with Crippen LogP contribution in [0.2, 0.25) is 0 Å². The molecule has 2 saturated heterocycles. The summed E-state index contributed by atoms with van der Waals surface area (Å²) in [5.74, 6) is 2.16. The molecule has 2 N–H and O–H groups in total. The van der Waals surface area contributed by atoms with E-state index in [1.807, 2.05) is 28.2 Å². The van der Waals surface area contributed by atoms with E-state index in [1.54, 1.807) is 6.20 Å². The van der Waals surface area contributed by atoms with Gasteiger partial charge in [-0.15, -0.1) is 0 Å². The Morgan fingerprint density at radius 1 is 1.32 bits per heavy atom. The zero-order chi connectivity index (χ0) is 21.4. The van der Waals surface area contributed by atoms with Crippen molar-refractivity contribution in [2.45, 2.75) is 57.2 Å². The topological polar surface area (TPSA) is 110 Å². The van der Waals surface area contributed by atoms with Gasteiger partial charge in [0.2, 0.25) is 5.95 Å². The smallest absolute Gasteiger partial charge is 0.226 e. The highest BCUT2D eigenvalue weighted by Gasteiger charge is 2.40. The number of fused-ring (bicyclic) bond motifs is 3. The van der Waals surface area contributed by atoms with Crippen LogP contribution in [0, 0.1) is 18.3 Å². The third-order valence-corrected chi connectivity index (χ3v) is 7.18. The van der Waals surface area contributed by atoms with Gasteiger partial charge >= 0.3 is 0 Å². The number of pyridine rings is 1. The first-order valence-electron chi connectivity index (χ1n) is 10.6. The SMILES string of the molecule is Cc1cc(N(I)c2nc(NC3C[C@H]4CC[C@@H](C3)N4CCC#N)nc3ncccc23)n[nH]1. The number of nitrogens with zero attached hydrogens (tertiary/aromatic N) is 7. The van der Waals surface area contributed by atoms with E-state index in [0.717, 1.165) is 42.1 Å². The minimum Gasteiger partial charge on any atom is -0.351 e. The van der Waals surface area contributed by atoms with Crippen LogP contribution >= 0.6 is 22.9 Å². The van der Waals surface area contributed by atoms with Gasteiger partial charge in [0.1, 0.15) is 0 Å². The fourth-order valence-corrected chi connectivity index (χ4v) is 5.51. The molecule has 0 spiro atoms. The summed E-state index contributed by atoms with van der Waals surface area (Å²) >= 11 is 2.23. The quantitative estimate of drug-likeness (QED) is 0.366. The zero-order valence-electron chi connectivity index (χ0n) is 17.3. The number of anilines is 3. The molecule has 1 unspecified atom stereocenters. The molecule has 160 valence electrons. The Bertz CT molecular complexity index is 1110. The summed E-state index contributed by atoms with van der Waals surface area (Å²) in [6.07, 6.45) is 6.87. The highest BCUT2D eigenvalue weighted by molar-refractivity contribution is 14.1. The third kappa shape index (κ3) is 4.04. The second kappa shape index (κ2) is 8.55. The fraction of sp³-hybridized carbons (Fsp3) is 0.476. The lowest BCUT2D eigenvalue weighted by Crippen LogP contribution is -2.47. The Hall–Kier alpha value is -2.52. The minimum absolute atomic E-state index is 0.320. The fourth-order valence-electron chi connectivity index (χ4n) is 4.89. The molecule has 2 aliphatic heterocycles. The van der Waals surface area contributed by atoms with Crippen molar-refractivity contribution in [1.29, 1.82) is 5.26 Å². The van der Waals surface area contributed by atoms with Gasteiger partial charge in [0.15, 0.2) is 17.3 Å². The van der Waals surface area contributed by atoms with E-state index in [0.29, 0.717) is 36.1 Å². The zero-order valence-corrected chi connectivity index (χ0v) is 19.5. The number of nitriles is 1. The van der Waals surface area contributed by atoms with Crippen LogP contribution in [-0.4, -0.2) is 54.7 Å². The first-order valence-corrected chi connectivity index (χ1v) is 11.6. The summed E-state index contributed by atoms with van der Waals surface area (Å²) in [5, 5.41) is 20.8. The van der Waals surface area contributed by atoms with Gasteiger partial charge in [-0.1, -0.05) is 0 Å². The lowest BCUT2D eigenvalue weighted by atomic mass is 9.97. The average molecular weight is 529 g/mol. The summed E-state index contributed by atoms with van der Waals surface area (Å²) in [7, 11) is 0. The number of aromatic amines is 1. The van der Waals surface area contributed by atoms with Crippen molar-refractivity contribution in [3.63, 3.8) is 0 Å². The van der Waals surface area contributed by atoms with Crippen molar-refractivity contribution in [3.05, 3.63) is 30.1 Å². The van der Waals surface area contributed by atoms with Crippen LogP contribution in [0.25, 0.3) is 11.0 Å². The van der Waals surface area contributed by atoms with Crippen molar-refractivity contribution >= 4 is 51.5 Å². The van der Waals surface area contributed by atoms with E-state index in [2.05, 4.69) is 54.3 Å². The van der Waals surface area contributed by atoms with Crippen molar-refractivity contribution in [2.24, 2.45) is 0 Å². The van der Waals surface area contributed by atoms with E-state index >= 15 is 0 Å². The number of hydrogen-bond donors (Lipinski definition) is 2. The highest BCUT2D eigenvalue weighted by Crippen LogP contribution is 2.37. The molecule has 31 heavy (non-hydrogen) atoms. The Morgan fingerprint density at radius 3 is 2.84 bits per heavy atom. The van der Waals surface area contributed by atoms with Gasteiger partial charge in [0.05, 0.1) is 34.3 Å². The van der Waals surface area contributed by atoms with E-state index in [9.17, 15) is 0 Å². The number of halogens is 1.